The van der Waals surface area contributed by atoms with Crippen LogP contribution in [0.1, 0.15) is 201 Å². The molecule has 0 saturated heterocycles. The first-order chi connectivity index (χ1) is 68.6. The molecule has 746 valence electrons. The molecule has 11 aromatic carbocycles. The van der Waals surface area contributed by atoms with Gasteiger partial charge in [-0.15, -0.1) is 0 Å². The number of carboxylic acid groups (broad SMARTS) is 1. The number of benzene rings is 14. The lowest BCUT2D eigenvalue weighted by atomic mass is 9.77. The number of aryl methyl sites for hydroxylation is 10. The van der Waals surface area contributed by atoms with Gasteiger partial charge in [0.25, 0.3) is 0 Å². The summed E-state index contributed by atoms with van der Waals surface area (Å²) in [5, 5.41) is 16.4. The molecule has 19 rings (SSSR count). The summed E-state index contributed by atoms with van der Waals surface area (Å²) in [6.07, 6.45) is 0.872. The number of nitrogens with zero attached hydrogens (tertiary/aromatic N) is 7. The molecule has 0 aromatic heterocycles. The third-order valence-electron chi connectivity index (χ3n) is 28.3. The zero-order valence-electron chi connectivity index (χ0n) is 89.9. The fourth-order valence-electron chi connectivity index (χ4n) is 20.8. The van der Waals surface area contributed by atoms with Gasteiger partial charge in [0.2, 0.25) is 10.7 Å². The van der Waals surface area contributed by atoms with Crippen molar-refractivity contribution in [3.05, 3.63) is 380 Å². The summed E-state index contributed by atoms with van der Waals surface area (Å²) in [4.78, 5) is 39.6. The molecule has 144 heavy (non-hydrogen) atoms. The van der Waals surface area contributed by atoms with Crippen molar-refractivity contribution in [2.45, 2.75) is 178 Å². The molecular weight excluding hydrogens is 1780 g/mol. The van der Waals surface area contributed by atoms with Crippen molar-refractivity contribution in [2.75, 3.05) is 98.1 Å². The first-order valence-corrected chi connectivity index (χ1v) is 51.3. The monoisotopic (exact) mass is 1920 g/mol. The van der Waals surface area contributed by atoms with Crippen molar-refractivity contribution < 1.29 is 37.4 Å². The van der Waals surface area contributed by atoms with Crippen molar-refractivity contribution in [3.8, 4) is 78.9 Å². The molecule has 1 N–H and O–H groups in total. The van der Waals surface area contributed by atoms with E-state index in [1.54, 1.807) is 6.07 Å². The number of esters is 1. The van der Waals surface area contributed by atoms with Gasteiger partial charge in [0.05, 0.1) is 34.3 Å². The summed E-state index contributed by atoms with van der Waals surface area (Å²) in [6.45, 7) is 62.2. The largest absolute Gasteiger partial charge is 0.478 e. The van der Waals surface area contributed by atoms with Gasteiger partial charge >= 0.3 is 11.9 Å². The summed E-state index contributed by atoms with van der Waals surface area (Å²) in [5.74, 6) is 2.77. The molecule has 8 aliphatic rings. The number of carbonyl (C=O) groups is 2. The molecule has 0 unspecified atom stereocenters. The molecule has 11 aromatic rings. The Labute approximate surface area is 854 Å². The Morgan fingerprint density at radius 1 is 0.340 bits per heavy atom. The highest BCUT2D eigenvalue weighted by molar-refractivity contribution is 6.09. The van der Waals surface area contributed by atoms with E-state index in [2.05, 4.69) is 386 Å². The second-order valence-corrected chi connectivity index (χ2v) is 37.3. The van der Waals surface area contributed by atoms with Crippen LogP contribution in [-0.4, -0.2) is 95.6 Å². The number of ether oxygens (including phenoxy) is 2. The average Bonchev–Trinajstić information content (AvgIpc) is 1.52. The molecule has 5 aliphatic heterocycles. The Kier molecular flexibility index (Phi) is 34.6. The van der Waals surface area contributed by atoms with Gasteiger partial charge in [-0.05, 0) is 306 Å². The van der Waals surface area contributed by atoms with Crippen LogP contribution >= 0.6 is 0 Å². The number of carboxylic acids is 1. The van der Waals surface area contributed by atoms with Gasteiger partial charge in [-0.1, -0.05) is 150 Å². The molecule has 15 nitrogen and oxygen atoms in total. The fraction of sp³-hybridized carbons (Fsp3) is 0.295. The molecule has 5 heterocycles. The first kappa shape index (κ1) is 107. The van der Waals surface area contributed by atoms with Crippen molar-refractivity contribution in [1.82, 2.24) is 9.15 Å². The van der Waals surface area contributed by atoms with Crippen LogP contribution in [0.4, 0.5) is 28.4 Å². The lowest BCUT2D eigenvalue weighted by molar-refractivity contribution is 0.0224. The van der Waals surface area contributed by atoms with E-state index in [1.165, 1.54) is 88.9 Å². The number of fused-ring (bicyclic) bond motifs is 12. The van der Waals surface area contributed by atoms with E-state index in [1.807, 2.05) is 58.0 Å². The van der Waals surface area contributed by atoms with Crippen LogP contribution in [0.2, 0.25) is 0 Å². The second kappa shape index (κ2) is 46.7. The molecule has 0 saturated carbocycles. The molecule has 3 aliphatic carbocycles. The molecule has 15 heteroatoms. The minimum absolute atomic E-state index is 0. The van der Waals surface area contributed by atoms with Gasteiger partial charge in [-0.2, -0.15) is 0 Å². The van der Waals surface area contributed by atoms with Gasteiger partial charge in [0, 0.05) is 184 Å². The first-order valence-electron chi connectivity index (χ1n) is 51.3. The maximum Gasteiger partial charge on any atom is 0.340 e. The van der Waals surface area contributed by atoms with E-state index in [4.69, 9.17) is 27.7 Å². The Bertz CT molecular complexity index is 7600. The molecule has 0 atom stereocenters. The highest BCUT2D eigenvalue weighted by Gasteiger charge is 2.54. The summed E-state index contributed by atoms with van der Waals surface area (Å²) in [5.41, 5.74) is 35.0. The van der Waals surface area contributed by atoms with Crippen LogP contribution in [-0.2, 0) is 16.8 Å². The fourth-order valence-corrected chi connectivity index (χ4v) is 20.8. The minimum atomic E-state index is -1.02. The lowest BCUT2D eigenvalue weighted by Crippen LogP contribution is -2.33. The number of carbonyl (C=O) groups excluding carboxylic acids is 1. The minimum Gasteiger partial charge on any atom is -0.478 e. The van der Waals surface area contributed by atoms with Crippen LogP contribution in [0.25, 0.3) is 100 Å². The SMILES string of the molecule is CC.CCN(CC)c1ccc2c(-c3ccc(C)cc3C(=O)O)c3ccc(=[N+](CC)CC)cc-3oc2c1.CCN(CC)c1ccc2c(-c3ccc(C)cc3C)c3ccc(=[N+](CC)CC)cc-3oc2c1.CCN(CC)c1ccc2c(c1)Oc1cc(N(CC)CC)ccc1C21OC(=O)c2cc(C)ccc21.Cc1ccc(Cc2ccc3c(-c4ccc(C)cc4C)c4ccc(=Nc5ccc(C)cc5C)cc-4oc3c2)c(C)c1.[CH3-].[CH3-]. The Morgan fingerprint density at radius 2 is 0.701 bits per heavy atom. The Hall–Kier alpha value is -14.6. The maximum atomic E-state index is 13.2. The number of hydrogen-bond acceptors (Lipinski definition) is 12. The van der Waals surface area contributed by atoms with Gasteiger partial charge in [-0.3, -0.25) is 0 Å². The van der Waals surface area contributed by atoms with Crippen molar-refractivity contribution in [3.63, 3.8) is 0 Å². The van der Waals surface area contributed by atoms with Gasteiger partial charge < -0.3 is 62.3 Å². The van der Waals surface area contributed by atoms with E-state index in [-0.39, 0.29) is 20.8 Å². The Morgan fingerprint density at radius 3 is 1.14 bits per heavy atom. The van der Waals surface area contributed by atoms with Crippen LogP contribution in [0.15, 0.2) is 273 Å². The molecule has 0 amide bonds. The molecule has 1 spiro atoms. The van der Waals surface area contributed by atoms with Crippen molar-refractivity contribution >= 4 is 73.3 Å². The third kappa shape index (κ3) is 21.7. The van der Waals surface area contributed by atoms with Gasteiger partial charge in [-0.25, -0.2) is 23.7 Å². The van der Waals surface area contributed by atoms with Crippen LogP contribution < -0.4 is 49.6 Å². The second-order valence-electron chi connectivity index (χ2n) is 37.3. The summed E-state index contributed by atoms with van der Waals surface area (Å²) < 4.78 is 37.3. The number of rotatable bonds is 23. The highest BCUT2D eigenvalue weighted by Crippen LogP contribution is 2.58. The van der Waals surface area contributed by atoms with Gasteiger partial charge in [0.15, 0.2) is 5.60 Å². The molecule has 0 fully saturated rings. The predicted octanol–water partition coefficient (Wildman–Crippen LogP) is 30.4. The normalized spacial score (nSPS) is 12.0. The number of anilines is 4. The number of hydrogen-bond donors (Lipinski definition) is 1. The topological polar surface area (TPSA) is 144 Å². The molecular formula is C129H147N7O8. The summed E-state index contributed by atoms with van der Waals surface area (Å²) >= 11 is 0. The van der Waals surface area contributed by atoms with Crippen LogP contribution in [0.3, 0.4) is 0 Å². The lowest BCUT2D eigenvalue weighted by Gasteiger charge is -2.38. The highest BCUT2D eigenvalue weighted by atomic mass is 16.6. The predicted molar refractivity (Wildman–Crippen MR) is 606 cm³/mol. The summed E-state index contributed by atoms with van der Waals surface area (Å²) in [7, 11) is 0. The van der Waals surface area contributed by atoms with Gasteiger partial charge in [0.1, 0.15) is 71.7 Å². The van der Waals surface area contributed by atoms with Crippen molar-refractivity contribution in [2.24, 2.45) is 4.99 Å². The van der Waals surface area contributed by atoms with E-state index >= 15 is 0 Å². The van der Waals surface area contributed by atoms with Crippen LogP contribution in [0, 0.1) is 84.1 Å². The summed E-state index contributed by atoms with van der Waals surface area (Å²) in [6, 6.07) is 89.5. The van der Waals surface area contributed by atoms with E-state index in [0.29, 0.717) is 16.7 Å². The van der Waals surface area contributed by atoms with Crippen molar-refractivity contribution in [1.29, 1.82) is 0 Å². The van der Waals surface area contributed by atoms with E-state index in [0.717, 1.165) is 230 Å². The van der Waals surface area contributed by atoms with Crippen LogP contribution in [0.5, 0.6) is 11.5 Å². The van der Waals surface area contributed by atoms with E-state index < -0.39 is 11.6 Å². The number of aromatic carboxylic acids is 1. The zero-order chi connectivity index (χ0) is 101. The molecule has 0 radical (unpaired) electrons. The quantitative estimate of drug-likeness (QED) is 0.0282. The van der Waals surface area contributed by atoms with E-state index in [9.17, 15) is 14.7 Å². The standard InChI is InChI=1S/C38H35NO.2C29H32N2O3.C29H35N2O.C2H6.2CH3/c1-23-7-11-30(26(4)17-23)20-29-10-14-33-36(21-29)40-37-22-31(39-35-16-9-25(3)19-28(35)6)12-15-34(37)38(33)32-13-8-24(2)18-27(32)5;1-6-30(7-2)20-11-14-24-26(17-20)33-27-18-21(31(8-3)9-4)12-15-25(27)29(24)23-13-10-19(5)16-22(23)28(32)34-29;1-6-30(7-2)20-11-14-23-26(17-20)34-27-18-21(31(8-3)9-4)12-15-24(27)28(23)22-13-10-19(5)16-25(22)29(32)33;1-7-30(8-2)22-12-15-25-27(18-22)32-28-19-23(31(9-3)10-4)13-16-26(28)29(25)24-14-11-20(5)17-21(24)6;1-2;;/h7-19,21-22H,20H2,1-6H3;2*10-18H,6-9H2,1-5H3;11-19H,7-10H2,1-6H3;1-2H3;2*1H3/q;;;+1;;2*-1/p+1. The maximum absolute atomic E-state index is 13.2. The zero-order valence-corrected chi connectivity index (χ0v) is 89.9. The average molecular weight is 1920 g/mol. The smallest absolute Gasteiger partial charge is 0.340 e. The Balaban J connectivity index is 0.000000160. The molecule has 0 bridgehead atoms. The third-order valence-corrected chi connectivity index (χ3v) is 28.3.